The van der Waals surface area contributed by atoms with Crippen LogP contribution in [0.15, 0.2) is 16.6 Å². The number of aryl methyl sites for hydroxylation is 2. The van der Waals surface area contributed by atoms with Gasteiger partial charge in [0.15, 0.2) is 9.84 Å². The van der Waals surface area contributed by atoms with E-state index in [1.165, 1.54) is 0 Å². The first-order valence-electron chi connectivity index (χ1n) is 7.58. The van der Waals surface area contributed by atoms with E-state index in [4.69, 9.17) is 0 Å². The van der Waals surface area contributed by atoms with Crippen molar-refractivity contribution in [2.24, 2.45) is 0 Å². The minimum atomic E-state index is -3.01. The standard InChI is InChI=1S/C16H24BrNO2S/c1-4-18-16(15-7-5-6-8-21(15,19)20)13-9-12(3)14(17)10-11(13)2/h9-10,15-16,18H,4-8H2,1-3H3. The third-order valence-electron chi connectivity index (χ3n) is 4.31. The van der Waals surface area contributed by atoms with Crippen molar-refractivity contribution < 1.29 is 8.42 Å². The molecule has 0 aliphatic carbocycles. The second kappa shape index (κ2) is 6.80. The Morgan fingerprint density at radius 2 is 2.00 bits per heavy atom. The van der Waals surface area contributed by atoms with Gasteiger partial charge in [0.25, 0.3) is 0 Å². The minimum absolute atomic E-state index is 0.105. The van der Waals surface area contributed by atoms with Gasteiger partial charge in [-0.25, -0.2) is 8.42 Å². The molecule has 5 heteroatoms. The molecule has 1 aromatic carbocycles. The molecule has 118 valence electrons. The Bertz CT molecular complexity index is 613. The SMILES string of the molecule is CCNC(c1cc(C)c(Br)cc1C)C1CCCCS1(=O)=O. The molecule has 0 amide bonds. The Morgan fingerprint density at radius 1 is 1.29 bits per heavy atom. The quantitative estimate of drug-likeness (QED) is 0.875. The summed E-state index contributed by atoms with van der Waals surface area (Å²) >= 11 is 3.55. The van der Waals surface area contributed by atoms with Gasteiger partial charge in [0.2, 0.25) is 0 Å². The van der Waals surface area contributed by atoms with E-state index < -0.39 is 9.84 Å². The Hall–Kier alpha value is -0.390. The van der Waals surface area contributed by atoms with Gasteiger partial charge in [0.05, 0.1) is 11.0 Å². The van der Waals surface area contributed by atoms with E-state index in [1.807, 2.05) is 13.8 Å². The molecule has 1 aliphatic heterocycles. The molecular weight excluding hydrogens is 350 g/mol. The molecule has 1 saturated heterocycles. The van der Waals surface area contributed by atoms with Crippen molar-refractivity contribution in [2.45, 2.75) is 51.3 Å². The molecule has 2 rings (SSSR count). The van der Waals surface area contributed by atoms with Gasteiger partial charge in [-0.15, -0.1) is 0 Å². The molecule has 1 heterocycles. The molecule has 1 aromatic rings. The van der Waals surface area contributed by atoms with Crippen molar-refractivity contribution in [3.05, 3.63) is 33.3 Å². The fourth-order valence-electron chi connectivity index (χ4n) is 3.15. The summed E-state index contributed by atoms with van der Waals surface area (Å²) in [6.07, 6.45) is 2.56. The smallest absolute Gasteiger partial charge is 0.155 e. The number of benzene rings is 1. The van der Waals surface area contributed by atoms with E-state index in [0.29, 0.717) is 5.75 Å². The van der Waals surface area contributed by atoms with Crippen LogP contribution in [0.25, 0.3) is 0 Å². The second-order valence-electron chi connectivity index (χ2n) is 5.89. The van der Waals surface area contributed by atoms with Crippen LogP contribution in [0.2, 0.25) is 0 Å². The minimum Gasteiger partial charge on any atom is -0.309 e. The molecule has 1 fully saturated rings. The van der Waals surface area contributed by atoms with Gasteiger partial charge in [0, 0.05) is 10.5 Å². The van der Waals surface area contributed by atoms with E-state index in [2.05, 4.69) is 40.3 Å². The molecular formula is C16H24BrNO2S. The summed E-state index contributed by atoms with van der Waals surface area (Å²) in [4.78, 5) is 0. The van der Waals surface area contributed by atoms with Crippen LogP contribution in [0.3, 0.4) is 0 Å². The molecule has 1 N–H and O–H groups in total. The lowest BCUT2D eigenvalue weighted by molar-refractivity contribution is 0.453. The van der Waals surface area contributed by atoms with Crippen LogP contribution in [0.1, 0.15) is 48.9 Å². The second-order valence-corrected chi connectivity index (χ2v) is 9.09. The molecule has 0 saturated carbocycles. The molecule has 21 heavy (non-hydrogen) atoms. The summed E-state index contributed by atoms with van der Waals surface area (Å²) in [7, 11) is -3.01. The van der Waals surface area contributed by atoms with Crippen molar-refractivity contribution >= 4 is 25.8 Å². The van der Waals surface area contributed by atoms with E-state index in [9.17, 15) is 8.42 Å². The van der Waals surface area contributed by atoms with Gasteiger partial charge in [0.1, 0.15) is 0 Å². The van der Waals surface area contributed by atoms with Gasteiger partial charge >= 0.3 is 0 Å². The Labute approximate surface area is 136 Å². The first-order chi connectivity index (χ1) is 9.86. The van der Waals surface area contributed by atoms with Crippen molar-refractivity contribution in [2.75, 3.05) is 12.3 Å². The van der Waals surface area contributed by atoms with Crippen molar-refractivity contribution in [3.63, 3.8) is 0 Å². The van der Waals surface area contributed by atoms with Crippen LogP contribution >= 0.6 is 15.9 Å². The summed E-state index contributed by atoms with van der Waals surface area (Å²) in [5, 5.41) is 3.12. The van der Waals surface area contributed by atoms with Crippen molar-refractivity contribution in [1.29, 1.82) is 0 Å². The highest BCUT2D eigenvalue weighted by molar-refractivity contribution is 9.10. The van der Waals surface area contributed by atoms with Crippen molar-refractivity contribution in [3.8, 4) is 0 Å². The molecule has 0 radical (unpaired) electrons. The first kappa shape index (κ1) is 17.0. The summed E-state index contributed by atoms with van der Waals surface area (Å²) in [6.45, 7) is 6.90. The lowest BCUT2D eigenvalue weighted by Gasteiger charge is -2.32. The molecule has 0 spiro atoms. The number of rotatable bonds is 4. The average Bonchev–Trinajstić information content (AvgIpc) is 2.41. The Morgan fingerprint density at radius 3 is 2.62 bits per heavy atom. The zero-order valence-corrected chi connectivity index (χ0v) is 15.4. The summed E-state index contributed by atoms with van der Waals surface area (Å²) < 4.78 is 26.0. The van der Waals surface area contributed by atoms with Gasteiger partial charge in [-0.1, -0.05) is 35.3 Å². The van der Waals surface area contributed by atoms with Crippen LogP contribution < -0.4 is 5.32 Å². The van der Waals surface area contributed by atoms with Crippen LogP contribution in [0, 0.1) is 13.8 Å². The highest BCUT2D eigenvalue weighted by Gasteiger charge is 2.36. The first-order valence-corrected chi connectivity index (χ1v) is 10.1. The largest absolute Gasteiger partial charge is 0.309 e. The normalized spacial score (nSPS) is 23.0. The lowest BCUT2D eigenvalue weighted by atomic mass is 9.94. The topological polar surface area (TPSA) is 46.2 Å². The molecule has 3 nitrogen and oxygen atoms in total. The molecule has 0 aromatic heterocycles. The monoisotopic (exact) mass is 373 g/mol. The number of hydrogen-bond donors (Lipinski definition) is 1. The number of halogens is 1. The predicted octanol–water partition coefficient (Wildman–Crippen LogP) is 3.68. The van der Waals surface area contributed by atoms with E-state index in [1.54, 1.807) is 0 Å². The summed E-state index contributed by atoms with van der Waals surface area (Å²) in [5.74, 6) is 0.327. The van der Waals surface area contributed by atoms with Gasteiger partial charge in [-0.2, -0.15) is 0 Å². The third kappa shape index (κ3) is 3.69. The van der Waals surface area contributed by atoms with Gasteiger partial charge < -0.3 is 5.32 Å². The third-order valence-corrected chi connectivity index (χ3v) is 7.45. The van der Waals surface area contributed by atoms with E-state index >= 15 is 0 Å². The van der Waals surface area contributed by atoms with Crippen LogP contribution in [-0.2, 0) is 9.84 Å². The highest BCUT2D eigenvalue weighted by Crippen LogP contribution is 2.34. The van der Waals surface area contributed by atoms with Crippen LogP contribution in [0.5, 0.6) is 0 Å². The Kier molecular flexibility index (Phi) is 5.49. The van der Waals surface area contributed by atoms with Crippen LogP contribution in [-0.4, -0.2) is 26.0 Å². The van der Waals surface area contributed by atoms with Gasteiger partial charge in [-0.3, -0.25) is 0 Å². The Balaban J connectivity index is 2.46. The van der Waals surface area contributed by atoms with E-state index in [0.717, 1.165) is 47.0 Å². The highest BCUT2D eigenvalue weighted by atomic mass is 79.9. The predicted molar refractivity (Wildman–Crippen MR) is 91.5 cm³/mol. The molecule has 2 atom stereocenters. The lowest BCUT2D eigenvalue weighted by Crippen LogP contribution is -2.41. The van der Waals surface area contributed by atoms with Crippen LogP contribution in [0.4, 0.5) is 0 Å². The van der Waals surface area contributed by atoms with E-state index in [-0.39, 0.29) is 11.3 Å². The summed E-state index contributed by atoms with van der Waals surface area (Å²) in [5.41, 5.74) is 3.40. The maximum absolute atomic E-state index is 12.5. The zero-order valence-electron chi connectivity index (χ0n) is 12.9. The number of sulfone groups is 1. The maximum Gasteiger partial charge on any atom is 0.155 e. The van der Waals surface area contributed by atoms with Gasteiger partial charge in [-0.05, 0) is 56.0 Å². The zero-order chi connectivity index (χ0) is 15.6. The molecule has 2 unspecified atom stereocenters. The average molecular weight is 374 g/mol. The fourth-order valence-corrected chi connectivity index (χ4v) is 5.70. The molecule has 0 bridgehead atoms. The molecule has 1 aliphatic rings. The van der Waals surface area contributed by atoms with Crippen molar-refractivity contribution in [1.82, 2.24) is 5.32 Å². The summed E-state index contributed by atoms with van der Waals surface area (Å²) in [6, 6.07) is 4.11. The maximum atomic E-state index is 12.5. The number of nitrogens with one attached hydrogen (secondary N) is 1. The fraction of sp³-hybridized carbons (Fsp3) is 0.625. The number of hydrogen-bond acceptors (Lipinski definition) is 3.